The quantitative estimate of drug-likeness (QED) is 0.578. The number of nitrogens with one attached hydrogen (secondary N) is 1. The zero-order valence-electron chi connectivity index (χ0n) is 13.6. The van der Waals surface area contributed by atoms with E-state index in [2.05, 4.69) is 5.32 Å². The van der Waals surface area contributed by atoms with Gasteiger partial charge in [0.1, 0.15) is 0 Å². The lowest BCUT2D eigenvalue weighted by Crippen LogP contribution is -2.27. The summed E-state index contributed by atoms with van der Waals surface area (Å²) in [6.07, 6.45) is -0.0216. The standard InChI is InChI=1S/C18H21NO3S2/c1-15-7-9-17(10-8-15)24(21,22)14-11-18(20)19-12-13-23-16-5-3-2-4-6-16/h2-10H,11-14H2,1H3,(H,19,20). The molecule has 0 aliphatic heterocycles. The van der Waals surface area contributed by atoms with Gasteiger partial charge < -0.3 is 5.32 Å². The molecule has 4 nitrogen and oxygen atoms in total. The summed E-state index contributed by atoms with van der Waals surface area (Å²) < 4.78 is 24.4. The molecule has 2 rings (SSSR count). The highest BCUT2D eigenvalue weighted by molar-refractivity contribution is 7.99. The van der Waals surface area contributed by atoms with E-state index in [1.807, 2.05) is 37.3 Å². The lowest BCUT2D eigenvalue weighted by Gasteiger charge is -2.07. The second-order valence-corrected chi connectivity index (χ2v) is 8.67. The van der Waals surface area contributed by atoms with Crippen LogP contribution in [-0.4, -0.2) is 32.4 Å². The van der Waals surface area contributed by atoms with Crippen LogP contribution in [-0.2, 0) is 14.6 Å². The van der Waals surface area contributed by atoms with Gasteiger partial charge in [0.2, 0.25) is 5.91 Å². The zero-order chi connectivity index (χ0) is 17.4. The second kappa shape index (κ2) is 8.89. The molecule has 0 spiro atoms. The minimum absolute atomic E-state index is 0.0216. The van der Waals surface area contributed by atoms with E-state index in [9.17, 15) is 13.2 Å². The van der Waals surface area contributed by atoms with E-state index in [-0.39, 0.29) is 23.0 Å². The number of aryl methyl sites for hydroxylation is 1. The number of hydrogen-bond acceptors (Lipinski definition) is 4. The summed E-state index contributed by atoms with van der Waals surface area (Å²) in [5, 5.41) is 2.76. The van der Waals surface area contributed by atoms with E-state index in [0.717, 1.165) is 16.2 Å². The van der Waals surface area contributed by atoms with Crippen LogP contribution < -0.4 is 5.32 Å². The van der Waals surface area contributed by atoms with Gasteiger partial charge in [0.15, 0.2) is 9.84 Å². The van der Waals surface area contributed by atoms with E-state index in [0.29, 0.717) is 6.54 Å². The first kappa shape index (κ1) is 18.5. The van der Waals surface area contributed by atoms with Crippen molar-refractivity contribution in [3.63, 3.8) is 0 Å². The fraction of sp³-hybridized carbons (Fsp3) is 0.278. The first-order chi connectivity index (χ1) is 11.5. The van der Waals surface area contributed by atoms with E-state index < -0.39 is 9.84 Å². The summed E-state index contributed by atoms with van der Waals surface area (Å²) in [7, 11) is -3.41. The predicted molar refractivity (Wildman–Crippen MR) is 98.0 cm³/mol. The predicted octanol–water partition coefficient (Wildman–Crippen LogP) is 3.07. The molecule has 6 heteroatoms. The monoisotopic (exact) mass is 363 g/mol. The Kier molecular flexibility index (Phi) is 6.87. The van der Waals surface area contributed by atoms with Crippen LogP contribution in [0.25, 0.3) is 0 Å². The molecule has 0 heterocycles. The Bertz CT molecular complexity index is 757. The third-order valence-electron chi connectivity index (χ3n) is 3.41. The average Bonchev–Trinajstić information content (AvgIpc) is 2.58. The lowest BCUT2D eigenvalue weighted by molar-refractivity contribution is -0.120. The smallest absolute Gasteiger partial charge is 0.221 e. The van der Waals surface area contributed by atoms with Crippen molar-refractivity contribution in [3.05, 3.63) is 60.2 Å². The highest BCUT2D eigenvalue weighted by Crippen LogP contribution is 2.16. The molecule has 0 aliphatic rings. The van der Waals surface area contributed by atoms with Crippen LogP contribution in [0.15, 0.2) is 64.4 Å². The van der Waals surface area contributed by atoms with E-state index in [1.54, 1.807) is 36.0 Å². The SMILES string of the molecule is Cc1ccc(S(=O)(=O)CCC(=O)NCCSc2ccccc2)cc1. The molecular formula is C18H21NO3S2. The van der Waals surface area contributed by atoms with Gasteiger partial charge in [-0.2, -0.15) is 0 Å². The summed E-state index contributed by atoms with van der Waals surface area (Å²) in [4.78, 5) is 13.2. The summed E-state index contributed by atoms with van der Waals surface area (Å²) in [5.74, 6) is 0.341. The summed E-state index contributed by atoms with van der Waals surface area (Å²) in [5.41, 5.74) is 1.00. The van der Waals surface area contributed by atoms with Crippen LogP contribution >= 0.6 is 11.8 Å². The number of carbonyl (C=O) groups excluding carboxylic acids is 1. The Hall–Kier alpha value is -1.79. The molecule has 0 aromatic heterocycles. The Morgan fingerprint density at radius 3 is 2.38 bits per heavy atom. The van der Waals surface area contributed by atoms with Crippen LogP contribution in [0.4, 0.5) is 0 Å². The van der Waals surface area contributed by atoms with Gasteiger partial charge in [-0.15, -0.1) is 11.8 Å². The van der Waals surface area contributed by atoms with Crippen LogP contribution in [0.2, 0.25) is 0 Å². The molecule has 1 amide bonds. The minimum atomic E-state index is -3.41. The van der Waals surface area contributed by atoms with E-state index in [4.69, 9.17) is 0 Å². The fourth-order valence-electron chi connectivity index (χ4n) is 2.05. The highest BCUT2D eigenvalue weighted by atomic mass is 32.2. The number of benzene rings is 2. The van der Waals surface area contributed by atoms with E-state index in [1.165, 1.54) is 0 Å². The van der Waals surface area contributed by atoms with Gasteiger partial charge in [0.05, 0.1) is 10.6 Å². The first-order valence-electron chi connectivity index (χ1n) is 7.71. The Balaban J connectivity index is 1.71. The Morgan fingerprint density at radius 1 is 1.04 bits per heavy atom. The van der Waals surface area contributed by atoms with Gasteiger partial charge in [-0.25, -0.2) is 8.42 Å². The maximum Gasteiger partial charge on any atom is 0.221 e. The lowest BCUT2D eigenvalue weighted by atomic mass is 10.2. The molecular weight excluding hydrogens is 342 g/mol. The van der Waals surface area contributed by atoms with Gasteiger partial charge in [-0.1, -0.05) is 35.9 Å². The second-order valence-electron chi connectivity index (χ2n) is 5.39. The molecule has 24 heavy (non-hydrogen) atoms. The normalized spacial score (nSPS) is 11.2. The first-order valence-corrected chi connectivity index (χ1v) is 10.4. The van der Waals surface area contributed by atoms with Crippen LogP contribution in [0.3, 0.4) is 0 Å². The molecule has 0 fully saturated rings. The average molecular weight is 364 g/mol. The maximum atomic E-state index is 12.2. The maximum absolute atomic E-state index is 12.2. The van der Waals surface area contributed by atoms with Crippen molar-refractivity contribution in [2.75, 3.05) is 18.1 Å². The Morgan fingerprint density at radius 2 is 1.71 bits per heavy atom. The molecule has 128 valence electrons. The van der Waals surface area contributed by atoms with Crippen LogP contribution in [0.5, 0.6) is 0 Å². The molecule has 0 unspecified atom stereocenters. The topological polar surface area (TPSA) is 63.2 Å². The van der Waals surface area contributed by atoms with Crippen molar-refractivity contribution in [1.82, 2.24) is 5.32 Å². The number of amides is 1. The van der Waals surface area contributed by atoms with Gasteiger partial charge >= 0.3 is 0 Å². The summed E-state index contributed by atoms with van der Waals surface area (Å²) in [6, 6.07) is 16.6. The van der Waals surface area contributed by atoms with Gasteiger partial charge in [-0.05, 0) is 31.2 Å². The highest BCUT2D eigenvalue weighted by Gasteiger charge is 2.16. The van der Waals surface area contributed by atoms with Gasteiger partial charge in [-0.3, -0.25) is 4.79 Å². The molecule has 0 saturated carbocycles. The van der Waals surface area contributed by atoms with E-state index >= 15 is 0 Å². The molecule has 0 saturated heterocycles. The summed E-state index contributed by atoms with van der Waals surface area (Å²) in [6.45, 7) is 2.42. The molecule has 2 aromatic rings. The molecule has 1 N–H and O–H groups in total. The molecule has 0 radical (unpaired) electrons. The largest absolute Gasteiger partial charge is 0.355 e. The third kappa shape index (κ3) is 6.02. The van der Waals surface area contributed by atoms with Gasteiger partial charge in [0, 0.05) is 23.6 Å². The van der Waals surface area contributed by atoms with Crippen LogP contribution in [0, 0.1) is 6.92 Å². The molecule has 2 aromatic carbocycles. The molecule has 0 aliphatic carbocycles. The third-order valence-corrected chi connectivity index (χ3v) is 6.16. The minimum Gasteiger partial charge on any atom is -0.355 e. The number of carbonyl (C=O) groups is 1. The van der Waals surface area contributed by atoms with Crippen molar-refractivity contribution >= 4 is 27.5 Å². The number of sulfone groups is 1. The zero-order valence-corrected chi connectivity index (χ0v) is 15.2. The molecule has 0 atom stereocenters. The number of rotatable bonds is 8. The van der Waals surface area contributed by atoms with Crippen molar-refractivity contribution in [1.29, 1.82) is 0 Å². The number of hydrogen-bond donors (Lipinski definition) is 1. The van der Waals surface area contributed by atoms with Crippen molar-refractivity contribution in [2.45, 2.75) is 23.1 Å². The van der Waals surface area contributed by atoms with Crippen LogP contribution in [0.1, 0.15) is 12.0 Å². The molecule has 0 bridgehead atoms. The number of thioether (sulfide) groups is 1. The fourth-order valence-corrected chi connectivity index (χ4v) is 4.08. The van der Waals surface area contributed by atoms with Crippen molar-refractivity contribution < 1.29 is 13.2 Å². The van der Waals surface area contributed by atoms with Gasteiger partial charge in [0.25, 0.3) is 0 Å². The van der Waals surface area contributed by atoms with Crippen molar-refractivity contribution in [3.8, 4) is 0 Å². The summed E-state index contributed by atoms with van der Waals surface area (Å²) >= 11 is 1.65. The van der Waals surface area contributed by atoms with Crippen molar-refractivity contribution in [2.24, 2.45) is 0 Å². The Labute approximate surface area is 147 Å².